The van der Waals surface area contributed by atoms with Crippen LogP contribution in [0.1, 0.15) is 0 Å². The summed E-state index contributed by atoms with van der Waals surface area (Å²) in [6.07, 6.45) is 0. The molecule has 4 rings (SSSR count). The average Bonchev–Trinajstić information content (AvgIpc) is 2.78. The second-order valence-electron chi connectivity index (χ2n) is 4.48. The Labute approximate surface area is 108 Å². The van der Waals surface area contributed by atoms with E-state index in [1.165, 1.54) is 0 Å². The minimum atomic E-state index is 0.656. The second kappa shape index (κ2) is 3.62. The molecule has 90 valence electrons. The van der Waals surface area contributed by atoms with Crippen LogP contribution in [0.2, 0.25) is 0 Å². The number of aromatic amines is 1. The van der Waals surface area contributed by atoms with Crippen LogP contribution in [0.3, 0.4) is 0 Å². The molecular weight excluding hydrogens is 236 g/mol. The molecule has 0 aromatic heterocycles. The molecule has 1 aliphatic carbocycles. The second-order valence-corrected chi connectivity index (χ2v) is 4.48. The number of hydrogen-bond donors (Lipinski definition) is 2. The first-order valence-corrected chi connectivity index (χ1v) is 6.05. The molecule has 0 spiro atoms. The molecule has 2 aromatic carbocycles. The Morgan fingerprint density at radius 3 is 2.53 bits per heavy atom. The lowest BCUT2D eigenvalue weighted by Crippen LogP contribution is -1.89. The molecule has 0 saturated heterocycles. The van der Waals surface area contributed by atoms with Gasteiger partial charge in [-0.15, -0.1) is 0 Å². The van der Waals surface area contributed by atoms with Crippen LogP contribution in [0.4, 0.5) is 5.69 Å². The molecule has 0 radical (unpaired) electrons. The van der Waals surface area contributed by atoms with E-state index in [-0.39, 0.29) is 0 Å². The Balaban J connectivity index is 2.29. The van der Waals surface area contributed by atoms with Gasteiger partial charge in [0.2, 0.25) is 0 Å². The molecule has 4 nitrogen and oxygen atoms in total. The molecule has 19 heavy (non-hydrogen) atoms. The van der Waals surface area contributed by atoms with E-state index >= 15 is 0 Å². The molecule has 0 unspecified atom stereocenters. The van der Waals surface area contributed by atoms with Crippen molar-refractivity contribution in [1.29, 1.82) is 5.53 Å². The first-order valence-electron chi connectivity index (χ1n) is 6.05. The average molecular weight is 246 g/mol. The van der Waals surface area contributed by atoms with E-state index in [0.717, 1.165) is 33.2 Å². The van der Waals surface area contributed by atoms with Gasteiger partial charge in [-0.25, -0.2) is 10.5 Å². The van der Waals surface area contributed by atoms with Crippen molar-refractivity contribution in [2.45, 2.75) is 0 Å². The summed E-state index contributed by atoms with van der Waals surface area (Å²) in [6.45, 7) is 0. The number of H-pyrrole nitrogens is 1. The Kier molecular flexibility index (Phi) is 1.94. The molecule has 0 fully saturated rings. The topological polar surface area (TPSA) is 64.9 Å². The fraction of sp³-hybridized carbons (Fsp3) is 0. The van der Waals surface area contributed by atoms with E-state index < -0.39 is 0 Å². The van der Waals surface area contributed by atoms with Gasteiger partial charge in [-0.3, -0.25) is 0 Å². The summed E-state index contributed by atoms with van der Waals surface area (Å²) in [6, 6.07) is 15.8. The molecule has 1 heterocycles. The summed E-state index contributed by atoms with van der Waals surface area (Å²) >= 11 is 0. The van der Waals surface area contributed by atoms with Crippen LogP contribution in [0, 0.1) is 5.53 Å². The molecule has 1 aliphatic heterocycles. The lowest BCUT2D eigenvalue weighted by atomic mass is 10.2. The smallest absolute Gasteiger partial charge is 0.119 e. The fourth-order valence-electron chi connectivity index (χ4n) is 2.56. The van der Waals surface area contributed by atoms with Crippen LogP contribution >= 0.6 is 0 Å². The van der Waals surface area contributed by atoms with Crippen molar-refractivity contribution >= 4 is 27.5 Å². The summed E-state index contributed by atoms with van der Waals surface area (Å²) in [7, 11) is 0. The highest BCUT2D eigenvalue weighted by Crippen LogP contribution is 2.42. The van der Waals surface area contributed by atoms with Gasteiger partial charge in [0.15, 0.2) is 0 Å². The monoisotopic (exact) mass is 246 g/mol. The van der Waals surface area contributed by atoms with Crippen molar-refractivity contribution in [1.82, 2.24) is 9.97 Å². The number of nitrogens with one attached hydrogen (secondary N) is 2. The van der Waals surface area contributed by atoms with Gasteiger partial charge in [0, 0.05) is 10.8 Å². The zero-order valence-electron chi connectivity index (χ0n) is 10.0. The van der Waals surface area contributed by atoms with E-state index in [1.807, 2.05) is 48.5 Å². The van der Waals surface area contributed by atoms with E-state index in [4.69, 9.17) is 10.5 Å². The number of hydrogen-bond acceptors (Lipinski definition) is 3. The van der Waals surface area contributed by atoms with Crippen LogP contribution in [0.15, 0.2) is 53.6 Å². The predicted molar refractivity (Wildman–Crippen MR) is 75.0 cm³/mol. The van der Waals surface area contributed by atoms with Gasteiger partial charge >= 0.3 is 0 Å². The van der Waals surface area contributed by atoms with Gasteiger partial charge in [-0.05, 0) is 12.1 Å². The highest BCUT2D eigenvalue weighted by atomic mass is 15.0. The third-order valence-electron chi connectivity index (χ3n) is 3.42. The van der Waals surface area contributed by atoms with Crippen LogP contribution in [0.25, 0.3) is 33.2 Å². The molecule has 2 N–H and O–H groups in total. The predicted octanol–water partition coefficient (Wildman–Crippen LogP) is 4.48. The molecule has 0 bridgehead atoms. The molecule has 0 atom stereocenters. The van der Waals surface area contributed by atoms with Crippen LogP contribution < -0.4 is 0 Å². The lowest BCUT2D eigenvalue weighted by Gasteiger charge is -2.04. The van der Waals surface area contributed by atoms with E-state index in [9.17, 15) is 0 Å². The van der Waals surface area contributed by atoms with Crippen molar-refractivity contribution in [2.24, 2.45) is 5.11 Å². The maximum absolute atomic E-state index is 7.41. The number of aromatic nitrogens is 2. The fourth-order valence-corrected chi connectivity index (χ4v) is 2.56. The summed E-state index contributed by atoms with van der Waals surface area (Å²) in [5.41, 5.74) is 11.6. The van der Waals surface area contributed by atoms with Crippen LogP contribution in [-0.2, 0) is 0 Å². The normalized spacial score (nSPS) is 11.4. The third kappa shape index (κ3) is 1.31. The van der Waals surface area contributed by atoms with Gasteiger partial charge in [0.05, 0.1) is 22.4 Å². The Hall–Kier alpha value is -2.75. The summed E-state index contributed by atoms with van der Waals surface area (Å²) in [4.78, 5) is 8.04. The van der Waals surface area contributed by atoms with Crippen molar-refractivity contribution in [2.75, 3.05) is 0 Å². The molecule has 0 amide bonds. The summed E-state index contributed by atoms with van der Waals surface area (Å²) in [5, 5.41) is 5.67. The van der Waals surface area contributed by atoms with Crippen LogP contribution in [0.5, 0.6) is 0 Å². The zero-order valence-corrected chi connectivity index (χ0v) is 10.0. The van der Waals surface area contributed by atoms with E-state index in [2.05, 4.69) is 10.1 Å². The number of benzene rings is 2. The maximum atomic E-state index is 7.41. The number of para-hydroxylation sites is 2. The minimum Gasteiger partial charge on any atom is -0.350 e. The molecule has 4 heteroatoms. The Morgan fingerprint density at radius 1 is 0.947 bits per heavy atom. The minimum absolute atomic E-state index is 0.656. The number of rotatable bonds is 1. The van der Waals surface area contributed by atoms with Gasteiger partial charge in [0.1, 0.15) is 5.69 Å². The summed E-state index contributed by atoms with van der Waals surface area (Å²) < 4.78 is 0. The first-order chi connectivity index (χ1) is 9.38. The highest BCUT2D eigenvalue weighted by molar-refractivity contribution is 6.10. The van der Waals surface area contributed by atoms with E-state index in [0.29, 0.717) is 5.69 Å². The van der Waals surface area contributed by atoms with Crippen molar-refractivity contribution < 1.29 is 0 Å². The van der Waals surface area contributed by atoms with Gasteiger partial charge in [-0.2, -0.15) is 5.11 Å². The molecule has 0 saturated carbocycles. The number of fused-ring (bicyclic) bond motifs is 4. The lowest BCUT2D eigenvalue weighted by molar-refractivity contribution is 1.15. The van der Waals surface area contributed by atoms with Crippen molar-refractivity contribution in [3.8, 4) is 11.4 Å². The Morgan fingerprint density at radius 2 is 1.68 bits per heavy atom. The molecule has 2 aliphatic rings. The quantitative estimate of drug-likeness (QED) is 0.478. The van der Waals surface area contributed by atoms with Gasteiger partial charge in [0.25, 0.3) is 0 Å². The van der Waals surface area contributed by atoms with E-state index in [1.54, 1.807) is 0 Å². The highest BCUT2D eigenvalue weighted by Gasteiger charge is 2.19. The van der Waals surface area contributed by atoms with Gasteiger partial charge in [-0.1, -0.05) is 36.4 Å². The number of nitrogens with zero attached hydrogens (tertiary/aromatic N) is 2. The Bertz CT molecular complexity index is 891. The van der Waals surface area contributed by atoms with Crippen LogP contribution in [-0.4, -0.2) is 9.97 Å². The SMILES string of the molecule is N=Nc1c2[nH]c3ccccc3nc-2c2ccccc12. The molecule has 2 aromatic rings. The molecular formula is C15H10N4. The van der Waals surface area contributed by atoms with Crippen molar-refractivity contribution in [3.05, 3.63) is 48.5 Å². The maximum Gasteiger partial charge on any atom is 0.119 e. The summed E-state index contributed by atoms with van der Waals surface area (Å²) in [5.74, 6) is 0. The first kappa shape index (κ1) is 10.2. The zero-order chi connectivity index (χ0) is 12.8. The largest absolute Gasteiger partial charge is 0.350 e. The van der Waals surface area contributed by atoms with Gasteiger partial charge < -0.3 is 4.98 Å². The third-order valence-corrected chi connectivity index (χ3v) is 3.42. The standard InChI is InChI=1S/C15H10N4/c16-19-14-10-6-2-1-5-9(10)13-15(14)18-12-8-4-3-7-11(12)17-13/h1-8,16,18H. The van der Waals surface area contributed by atoms with Crippen molar-refractivity contribution in [3.63, 3.8) is 0 Å².